The van der Waals surface area contributed by atoms with Crippen LogP contribution in [0.25, 0.3) is 0 Å². The van der Waals surface area contributed by atoms with Gasteiger partial charge in [0.1, 0.15) is 5.82 Å². The van der Waals surface area contributed by atoms with Gasteiger partial charge in [0, 0.05) is 13.0 Å². The number of amides is 2. The minimum Gasteiger partial charge on any atom is -0.397 e. The largest absolute Gasteiger partial charge is 0.397 e. The molecular weight excluding hydrogens is 208 g/mol. The Morgan fingerprint density at radius 3 is 2.75 bits per heavy atom. The molecule has 6 heteroatoms. The predicted molar refractivity (Wildman–Crippen MR) is 58.3 cm³/mol. The zero-order valence-electron chi connectivity index (χ0n) is 8.59. The van der Waals surface area contributed by atoms with Crippen LogP contribution in [-0.4, -0.2) is 23.3 Å². The van der Waals surface area contributed by atoms with Gasteiger partial charge in [0.05, 0.1) is 17.8 Å². The van der Waals surface area contributed by atoms with Crippen molar-refractivity contribution < 1.29 is 9.59 Å². The summed E-state index contributed by atoms with van der Waals surface area (Å²) in [5.74, 6) is -0.512. The second-order valence-electron chi connectivity index (χ2n) is 3.76. The monoisotopic (exact) mass is 220 g/mol. The fraction of sp³-hybridized carbons (Fsp3) is 0.300. The summed E-state index contributed by atoms with van der Waals surface area (Å²) in [6, 6.07) is 3.31. The molecule has 0 radical (unpaired) electrons. The maximum Gasteiger partial charge on any atom is 0.229 e. The van der Waals surface area contributed by atoms with Crippen molar-refractivity contribution in [1.29, 1.82) is 0 Å². The lowest BCUT2D eigenvalue weighted by Crippen LogP contribution is -2.28. The van der Waals surface area contributed by atoms with E-state index in [9.17, 15) is 9.59 Å². The molecule has 16 heavy (non-hydrogen) atoms. The number of anilines is 2. The third-order valence-electron chi connectivity index (χ3n) is 2.57. The van der Waals surface area contributed by atoms with E-state index >= 15 is 0 Å². The lowest BCUT2D eigenvalue weighted by Gasteiger charge is -2.14. The van der Waals surface area contributed by atoms with Crippen LogP contribution in [0.15, 0.2) is 18.3 Å². The molecular formula is C10H12N4O2. The number of carbonyl (C=O) groups excluding carboxylic acids is 2. The molecule has 1 saturated heterocycles. The van der Waals surface area contributed by atoms with E-state index in [1.165, 1.54) is 11.1 Å². The SMILES string of the molecule is NC(=O)C1CC(=O)N(c2ccc(N)cn2)C1. The maximum absolute atomic E-state index is 11.6. The van der Waals surface area contributed by atoms with Crippen LogP contribution in [0.3, 0.4) is 0 Å². The van der Waals surface area contributed by atoms with Crippen LogP contribution >= 0.6 is 0 Å². The number of nitrogens with two attached hydrogens (primary N) is 2. The normalized spacial score (nSPS) is 20.1. The minimum absolute atomic E-state index is 0.138. The number of aromatic nitrogens is 1. The zero-order chi connectivity index (χ0) is 11.7. The summed E-state index contributed by atoms with van der Waals surface area (Å²) in [5, 5.41) is 0. The van der Waals surface area contributed by atoms with Gasteiger partial charge in [-0.05, 0) is 12.1 Å². The zero-order valence-corrected chi connectivity index (χ0v) is 8.59. The van der Waals surface area contributed by atoms with Gasteiger partial charge in [-0.1, -0.05) is 0 Å². The van der Waals surface area contributed by atoms with Gasteiger partial charge in [-0.2, -0.15) is 0 Å². The molecule has 84 valence electrons. The van der Waals surface area contributed by atoms with Crippen LogP contribution in [0.1, 0.15) is 6.42 Å². The molecule has 0 saturated carbocycles. The summed E-state index contributed by atoms with van der Waals surface area (Å²) in [7, 11) is 0. The molecule has 1 unspecified atom stereocenters. The average molecular weight is 220 g/mol. The Bertz CT molecular complexity index is 429. The quantitative estimate of drug-likeness (QED) is 0.701. The summed E-state index contributed by atoms with van der Waals surface area (Å²) >= 11 is 0. The first kappa shape index (κ1) is 10.4. The molecule has 1 atom stereocenters. The Kier molecular flexibility index (Phi) is 2.47. The summed E-state index contributed by atoms with van der Waals surface area (Å²) in [5.41, 5.74) is 11.2. The van der Waals surface area contributed by atoms with Crippen LogP contribution in [0.5, 0.6) is 0 Å². The van der Waals surface area contributed by atoms with E-state index in [1.54, 1.807) is 12.1 Å². The molecule has 1 aromatic heterocycles. The van der Waals surface area contributed by atoms with Gasteiger partial charge in [-0.25, -0.2) is 4.98 Å². The first-order valence-electron chi connectivity index (χ1n) is 4.89. The molecule has 4 N–H and O–H groups in total. The molecule has 1 aliphatic rings. The summed E-state index contributed by atoms with van der Waals surface area (Å²) in [6.07, 6.45) is 1.63. The summed E-state index contributed by atoms with van der Waals surface area (Å²) in [6.45, 7) is 0.297. The Morgan fingerprint density at radius 2 is 2.25 bits per heavy atom. The molecule has 2 amide bonds. The predicted octanol–water partition coefficient (Wildman–Crippen LogP) is -0.498. The molecule has 2 heterocycles. The number of pyridine rings is 1. The van der Waals surface area contributed by atoms with E-state index in [1.807, 2.05) is 0 Å². The van der Waals surface area contributed by atoms with Crippen LogP contribution < -0.4 is 16.4 Å². The highest BCUT2D eigenvalue weighted by Crippen LogP contribution is 2.23. The number of nitrogens with zero attached hydrogens (tertiary/aromatic N) is 2. The Morgan fingerprint density at radius 1 is 1.50 bits per heavy atom. The van der Waals surface area contributed by atoms with Gasteiger partial charge in [0.25, 0.3) is 0 Å². The minimum atomic E-state index is -0.453. The number of hydrogen-bond donors (Lipinski definition) is 2. The maximum atomic E-state index is 11.6. The number of nitrogen functional groups attached to an aromatic ring is 1. The number of rotatable bonds is 2. The standard InChI is InChI=1S/C10H12N4O2/c11-7-1-2-8(13-4-7)14-5-6(10(12)16)3-9(14)15/h1-2,4,6H,3,5,11H2,(H2,12,16). The highest BCUT2D eigenvalue weighted by atomic mass is 16.2. The first-order valence-corrected chi connectivity index (χ1v) is 4.89. The van der Waals surface area contributed by atoms with E-state index in [-0.39, 0.29) is 12.3 Å². The summed E-state index contributed by atoms with van der Waals surface area (Å²) in [4.78, 5) is 28.1. The van der Waals surface area contributed by atoms with E-state index in [4.69, 9.17) is 11.5 Å². The van der Waals surface area contributed by atoms with Crippen LogP contribution in [0.2, 0.25) is 0 Å². The Balaban J connectivity index is 2.20. The number of primary amides is 1. The molecule has 1 aromatic rings. The molecule has 6 nitrogen and oxygen atoms in total. The first-order chi connectivity index (χ1) is 7.58. The topological polar surface area (TPSA) is 102 Å². The average Bonchev–Trinajstić information content (AvgIpc) is 2.62. The molecule has 0 aromatic carbocycles. The Hall–Kier alpha value is -2.11. The van der Waals surface area contributed by atoms with Crippen molar-refractivity contribution >= 4 is 23.3 Å². The third kappa shape index (κ3) is 1.81. The van der Waals surface area contributed by atoms with E-state index in [0.717, 1.165) is 0 Å². The molecule has 0 bridgehead atoms. The smallest absolute Gasteiger partial charge is 0.229 e. The fourth-order valence-corrected chi connectivity index (χ4v) is 1.68. The lowest BCUT2D eigenvalue weighted by molar-refractivity contribution is -0.123. The molecule has 1 fully saturated rings. The van der Waals surface area contributed by atoms with Gasteiger partial charge in [0.15, 0.2) is 0 Å². The number of hydrogen-bond acceptors (Lipinski definition) is 4. The van der Waals surface area contributed by atoms with E-state index < -0.39 is 11.8 Å². The van der Waals surface area contributed by atoms with Crippen molar-refractivity contribution in [2.75, 3.05) is 17.2 Å². The van der Waals surface area contributed by atoms with Crippen molar-refractivity contribution in [3.63, 3.8) is 0 Å². The Labute approximate surface area is 92.2 Å². The third-order valence-corrected chi connectivity index (χ3v) is 2.57. The van der Waals surface area contributed by atoms with Crippen LogP contribution in [0, 0.1) is 5.92 Å². The van der Waals surface area contributed by atoms with Gasteiger partial charge in [-0.3, -0.25) is 14.5 Å². The van der Waals surface area contributed by atoms with Gasteiger partial charge >= 0.3 is 0 Å². The van der Waals surface area contributed by atoms with Crippen molar-refractivity contribution in [2.24, 2.45) is 11.7 Å². The molecule has 1 aliphatic heterocycles. The van der Waals surface area contributed by atoms with Crippen molar-refractivity contribution in [2.45, 2.75) is 6.42 Å². The molecule has 0 aliphatic carbocycles. The van der Waals surface area contributed by atoms with Crippen LogP contribution in [-0.2, 0) is 9.59 Å². The van der Waals surface area contributed by atoms with Crippen molar-refractivity contribution in [3.05, 3.63) is 18.3 Å². The summed E-state index contributed by atoms with van der Waals surface area (Å²) < 4.78 is 0. The fourth-order valence-electron chi connectivity index (χ4n) is 1.68. The van der Waals surface area contributed by atoms with E-state index in [2.05, 4.69) is 4.98 Å². The van der Waals surface area contributed by atoms with Crippen LogP contribution in [0.4, 0.5) is 11.5 Å². The highest BCUT2D eigenvalue weighted by Gasteiger charge is 2.34. The second-order valence-corrected chi connectivity index (χ2v) is 3.76. The van der Waals surface area contributed by atoms with Gasteiger partial charge in [0.2, 0.25) is 11.8 Å². The molecule has 2 rings (SSSR count). The van der Waals surface area contributed by atoms with Crippen molar-refractivity contribution in [1.82, 2.24) is 4.98 Å². The lowest BCUT2D eigenvalue weighted by atomic mass is 10.1. The van der Waals surface area contributed by atoms with Gasteiger partial charge in [-0.15, -0.1) is 0 Å². The highest BCUT2D eigenvalue weighted by molar-refractivity contribution is 5.99. The number of carbonyl (C=O) groups is 2. The van der Waals surface area contributed by atoms with Gasteiger partial charge < -0.3 is 11.5 Å². The molecule has 0 spiro atoms. The van der Waals surface area contributed by atoms with E-state index in [0.29, 0.717) is 18.1 Å². The second kappa shape index (κ2) is 3.80. The van der Waals surface area contributed by atoms with Crippen molar-refractivity contribution in [3.8, 4) is 0 Å².